The lowest BCUT2D eigenvalue weighted by Crippen LogP contribution is -2.46. The number of aliphatic hydroxyl groups excluding tert-OH is 2. The highest BCUT2D eigenvalue weighted by molar-refractivity contribution is 8.13. The van der Waals surface area contributed by atoms with Crippen LogP contribution in [0.25, 0.3) is 11.2 Å². The molecule has 4 rings (SSSR count). The first kappa shape index (κ1) is 51.6. The van der Waals surface area contributed by atoms with E-state index in [1.54, 1.807) is 0 Å². The Morgan fingerprint density at radius 3 is 2.29 bits per heavy atom. The second-order valence-electron chi connectivity index (χ2n) is 14.1. The van der Waals surface area contributed by atoms with Crippen LogP contribution in [-0.2, 0) is 50.7 Å². The number of aromatic nitrogens is 4. The number of ketones is 1. The summed E-state index contributed by atoms with van der Waals surface area (Å²) in [5.74, 6) is -3.27. The first-order chi connectivity index (χ1) is 29.3. The van der Waals surface area contributed by atoms with E-state index in [2.05, 4.69) is 34.4 Å². The summed E-state index contributed by atoms with van der Waals surface area (Å²) in [6, 6.07) is 5.62. The molecule has 1 saturated heterocycles. The van der Waals surface area contributed by atoms with E-state index in [1.807, 2.05) is 0 Å². The van der Waals surface area contributed by atoms with Crippen LogP contribution in [0, 0.1) is 5.41 Å². The molecule has 0 bridgehead atoms. The zero-order chi connectivity index (χ0) is 46.9. The normalized spacial score (nSPS) is 20.4. The van der Waals surface area contributed by atoms with Gasteiger partial charge in [0.05, 0.1) is 25.1 Å². The van der Waals surface area contributed by atoms with Crippen molar-refractivity contribution in [1.82, 2.24) is 30.2 Å². The summed E-state index contributed by atoms with van der Waals surface area (Å²) in [6.07, 6.45) is -7.55. The van der Waals surface area contributed by atoms with E-state index in [0.717, 1.165) is 29.0 Å². The minimum absolute atomic E-state index is 0.0101. The van der Waals surface area contributed by atoms with Gasteiger partial charge in [0.1, 0.15) is 36.3 Å². The van der Waals surface area contributed by atoms with Gasteiger partial charge in [-0.1, -0.05) is 43.8 Å². The predicted molar refractivity (Wildman–Crippen MR) is 214 cm³/mol. The van der Waals surface area contributed by atoms with Crippen molar-refractivity contribution in [1.29, 1.82) is 0 Å². The summed E-state index contributed by atoms with van der Waals surface area (Å²) in [5, 5.41) is 35.2. The molecule has 11 N–H and O–H groups in total. The summed E-state index contributed by atoms with van der Waals surface area (Å²) >= 11 is 0.849. The number of fused-ring (bicyclic) bond motifs is 1. The number of imidazole rings is 1. The van der Waals surface area contributed by atoms with Gasteiger partial charge in [-0.3, -0.25) is 37.3 Å². The molecule has 0 aliphatic carbocycles. The lowest BCUT2D eigenvalue weighted by Gasteiger charge is -2.30. The average molecular weight is 972 g/mol. The number of carboxylic acid groups (broad SMARTS) is 1. The molecule has 3 heterocycles. The van der Waals surface area contributed by atoms with Crippen LogP contribution in [0.2, 0.25) is 0 Å². The lowest BCUT2D eigenvalue weighted by molar-refractivity contribution is -0.137. The molecule has 1 aliphatic heterocycles. The highest BCUT2D eigenvalue weighted by atomic mass is 32.2. The largest absolute Gasteiger partial charge is 0.481 e. The standard InChI is InChI=1S/C32H44N7O20P3S/c1-32(2,26(44)29(45)35-10-9-21(41)34-11-12-63-22(42)8-7-19(40)17-5-3-4-6-18(17)31(46)47)14-56-62(53,54)59-61(51,52)55-13-20-25(58-60(48,49)50)24(43)30(57-20)39-16-38-23-27(33)36-15-37-28(23)39/h3-6,15-16,20,24-26,30,43-44H,7-14H2,1-2H3,(H,34,41)(H,35,45)(H,46,47)(H,51,52)(H,53,54)(H2,33,36,37)(H2,48,49,50)/t20-,24-,25-,26?,30-/m1/s1. The third-order valence-electron chi connectivity index (χ3n) is 8.78. The van der Waals surface area contributed by atoms with E-state index in [0.29, 0.717) is 0 Å². The summed E-state index contributed by atoms with van der Waals surface area (Å²) in [7, 11) is -16.5. The van der Waals surface area contributed by atoms with Crippen molar-refractivity contribution in [3.63, 3.8) is 0 Å². The van der Waals surface area contributed by atoms with Gasteiger partial charge in [0.2, 0.25) is 11.8 Å². The maximum absolute atomic E-state index is 12.7. The number of aromatic carboxylic acids is 1. The number of carboxylic acids is 1. The molecule has 7 atom stereocenters. The number of hydrogen-bond donors (Lipinski definition) is 10. The molecule has 31 heteroatoms. The van der Waals surface area contributed by atoms with Crippen LogP contribution in [0.5, 0.6) is 0 Å². The van der Waals surface area contributed by atoms with Gasteiger partial charge in [-0.25, -0.2) is 33.4 Å². The van der Waals surface area contributed by atoms with E-state index in [9.17, 15) is 72.6 Å². The number of phosphoric ester groups is 3. The first-order valence-electron chi connectivity index (χ1n) is 18.2. The number of amides is 2. The molecule has 3 unspecified atom stereocenters. The number of carbonyl (C=O) groups excluding carboxylic acids is 4. The number of benzene rings is 1. The van der Waals surface area contributed by atoms with E-state index < -0.39 is 96.3 Å². The van der Waals surface area contributed by atoms with Crippen LogP contribution in [-0.4, -0.2) is 140 Å². The number of phosphoric acid groups is 3. The van der Waals surface area contributed by atoms with Gasteiger partial charge in [0, 0.05) is 49.1 Å². The number of anilines is 1. The topological polar surface area (TPSA) is 418 Å². The van der Waals surface area contributed by atoms with Crippen LogP contribution in [0.4, 0.5) is 5.82 Å². The molecule has 0 radical (unpaired) electrons. The molecule has 0 saturated carbocycles. The molecule has 63 heavy (non-hydrogen) atoms. The molecule has 2 amide bonds. The minimum Gasteiger partial charge on any atom is -0.478 e. The van der Waals surface area contributed by atoms with Gasteiger partial charge in [0.15, 0.2) is 28.6 Å². The van der Waals surface area contributed by atoms with E-state index in [1.165, 1.54) is 38.1 Å². The highest BCUT2D eigenvalue weighted by Crippen LogP contribution is 2.61. The first-order valence-corrected chi connectivity index (χ1v) is 23.7. The van der Waals surface area contributed by atoms with Gasteiger partial charge >= 0.3 is 29.4 Å². The van der Waals surface area contributed by atoms with Gasteiger partial charge in [-0.15, -0.1) is 0 Å². The van der Waals surface area contributed by atoms with Crippen LogP contribution in [0.1, 0.15) is 60.1 Å². The van der Waals surface area contributed by atoms with Crippen molar-refractivity contribution in [2.75, 3.05) is 37.8 Å². The SMILES string of the molecule is CC(C)(COP(=O)(O)OP(=O)(O)OC[C@H]1O[C@@H](n2cnc3c(N)ncnc32)[C@H](O)[C@@H]1OP(=O)(O)O)C(O)C(=O)NCCC(=O)NCCSC(=O)CCC(=O)c1ccccc1C(=O)O. The minimum atomic E-state index is -5.61. The third kappa shape index (κ3) is 15.0. The van der Waals surface area contributed by atoms with Crippen molar-refractivity contribution in [3.05, 3.63) is 48.0 Å². The molecule has 1 aromatic carbocycles. The summed E-state index contributed by atoms with van der Waals surface area (Å²) in [4.78, 5) is 112. The molecule has 3 aromatic rings. The third-order valence-corrected chi connectivity index (χ3v) is 12.8. The second-order valence-corrected chi connectivity index (χ2v) is 19.5. The number of thioether (sulfide) groups is 1. The number of ether oxygens (including phenoxy) is 1. The quantitative estimate of drug-likeness (QED) is 0.0321. The van der Waals surface area contributed by atoms with Crippen LogP contribution in [0.15, 0.2) is 36.9 Å². The smallest absolute Gasteiger partial charge is 0.478 e. The van der Waals surface area contributed by atoms with Crippen molar-refractivity contribution < 1.29 is 95.2 Å². The Hall–Kier alpha value is -4.08. The Kier molecular flexibility index (Phi) is 17.8. The summed E-state index contributed by atoms with van der Waals surface area (Å²) in [6.45, 7) is 0.109. The fourth-order valence-electron chi connectivity index (χ4n) is 5.63. The van der Waals surface area contributed by atoms with Gasteiger partial charge in [0.25, 0.3) is 0 Å². The van der Waals surface area contributed by atoms with E-state index in [4.69, 9.17) is 19.5 Å². The zero-order valence-corrected chi connectivity index (χ0v) is 36.6. The van der Waals surface area contributed by atoms with Gasteiger partial charge < -0.3 is 56.0 Å². The maximum atomic E-state index is 12.7. The van der Waals surface area contributed by atoms with E-state index >= 15 is 0 Å². The molecule has 27 nitrogen and oxygen atoms in total. The molecule has 348 valence electrons. The predicted octanol–water partition coefficient (Wildman–Crippen LogP) is 0.0260. The summed E-state index contributed by atoms with van der Waals surface area (Å²) in [5.41, 5.74) is 3.99. The van der Waals surface area contributed by atoms with Crippen LogP contribution < -0.4 is 16.4 Å². The number of carbonyl (C=O) groups is 5. The zero-order valence-electron chi connectivity index (χ0n) is 33.1. The van der Waals surface area contributed by atoms with Crippen LogP contribution in [0.3, 0.4) is 0 Å². The fraction of sp³-hybridized carbons (Fsp3) is 0.500. The fourth-order valence-corrected chi connectivity index (χ4v) is 9.14. The number of nitrogen functional groups attached to an aromatic ring is 1. The van der Waals surface area contributed by atoms with Crippen molar-refractivity contribution in [2.24, 2.45) is 5.41 Å². The highest BCUT2D eigenvalue weighted by Gasteiger charge is 2.50. The van der Waals surface area contributed by atoms with E-state index in [-0.39, 0.29) is 71.3 Å². The second kappa shape index (κ2) is 21.7. The number of rotatable bonds is 24. The summed E-state index contributed by atoms with van der Waals surface area (Å²) < 4.78 is 62.1. The van der Waals surface area contributed by atoms with Gasteiger partial charge in [-0.05, 0) is 6.07 Å². The molecule has 1 fully saturated rings. The van der Waals surface area contributed by atoms with Crippen molar-refractivity contribution in [3.8, 4) is 0 Å². The Morgan fingerprint density at radius 1 is 0.952 bits per heavy atom. The van der Waals surface area contributed by atoms with Gasteiger partial charge in [-0.2, -0.15) is 4.31 Å². The lowest BCUT2D eigenvalue weighted by atomic mass is 9.87. The Labute approximate surface area is 360 Å². The maximum Gasteiger partial charge on any atom is 0.481 e. The molecule has 0 spiro atoms. The average Bonchev–Trinajstić information content (AvgIpc) is 3.76. The van der Waals surface area contributed by atoms with Crippen LogP contribution >= 0.6 is 35.2 Å². The number of nitrogens with zero attached hydrogens (tertiary/aromatic N) is 4. The molecule has 2 aromatic heterocycles. The van der Waals surface area contributed by atoms with Crippen molar-refractivity contribution >= 4 is 80.9 Å². The number of nitrogens with two attached hydrogens (primary N) is 1. The number of Topliss-reactive ketones (excluding diaryl/α,β-unsaturated/α-hetero) is 1. The Balaban J connectivity index is 1.18. The molecular formula is C32H44N7O20P3S. The molecule has 1 aliphatic rings. The Morgan fingerprint density at radius 2 is 1.62 bits per heavy atom. The number of nitrogens with one attached hydrogen (secondary N) is 2. The monoisotopic (exact) mass is 971 g/mol. The van der Waals surface area contributed by atoms with Crippen molar-refractivity contribution in [2.45, 2.75) is 63.8 Å². The molecular weight excluding hydrogens is 927 g/mol. The Bertz CT molecular complexity index is 2310. The number of aliphatic hydroxyl groups is 2. The number of hydrogen-bond acceptors (Lipinski definition) is 20.